The summed E-state index contributed by atoms with van der Waals surface area (Å²) in [6.07, 6.45) is 32.0. The molecule has 0 saturated carbocycles. The fourth-order valence-electron chi connectivity index (χ4n) is 5.61. The van der Waals surface area contributed by atoms with Gasteiger partial charge in [0.1, 0.15) is 6.61 Å². The Morgan fingerprint density at radius 1 is 0.500 bits per heavy atom. The van der Waals surface area contributed by atoms with E-state index in [0.717, 1.165) is 38.5 Å². The molecule has 281 valence electrons. The molecule has 0 heterocycles. The summed E-state index contributed by atoms with van der Waals surface area (Å²) in [5, 5.41) is 0. The number of hydrogen-bond acceptors (Lipinski definition) is 7. The number of phosphoric ester groups is 1. The number of carbonyl (C=O) groups is 2. The standard InChI is InChI=1S/C38H75O8P.Na/c1-4-7-9-11-13-15-17-19-21-23-25-27-29-31-37(39)43-34-36(35-45-47(41,42)44-33-6-3)46-38(40)32-30-28-26-24-22-20-18-16-14-12-10-8-5-2;/h36H,4-35H2,1-3H3,(H,41,42);/t36-;/m1./s1. The van der Waals surface area contributed by atoms with E-state index in [4.69, 9.17) is 18.5 Å². The molecule has 0 aromatic carbocycles. The number of hydrogen-bond donors (Lipinski definition) is 1. The molecule has 0 amide bonds. The zero-order valence-corrected chi connectivity index (χ0v) is 34.9. The molecule has 48 heavy (non-hydrogen) atoms. The number of rotatable bonds is 37. The van der Waals surface area contributed by atoms with Gasteiger partial charge >= 0.3 is 19.8 Å². The van der Waals surface area contributed by atoms with Gasteiger partial charge in [0, 0.05) is 42.4 Å². The molecule has 0 aliphatic heterocycles. The number of phosphoric acid groups is 1. The Morgan fingerprint density at radius 3 is 1.23 bits per heavy atom. The van der Waals surface area contributed by atoms with Crippen LogP contribution in [-0.4, -0.2) is 72.3 Å². The Labute approximate surface area is 318 Å². The van der Waals surface area contributed by atoms with Crippen LogP contribution in [0.15, 0.2) is 0 Å². The van der Waals surface area contributed by atoms with Crippen molar-refractivity contribution in [1.82, 2.24) is 0 Å². The smallest absolute Gasteiger partial charge is 0.462 e. The molecule has 1 unspecified atom stereocenters. The first-order chi connectivity index (χ1) is 22.8. The van der Waals surface area contributed by atoms with Gasteiger partial charge in [-0.1, -0.05) is 175 Å². The van der Waals surface area contributed by atoms with Crippen LogP contribution in [0, 0.1) is 0 Å². The minimum atomic E-state index is -4.28. The average Bonchev–Trinajstić information content (AvgIpc) is 3.05. The van der Waals surface area contributed by atoms with E-state index in [2.05, 4.69) is 13.8 Å². The quantitative estimate of drug-likeness (QED) is 0.0293. The average molecular weight is 714 g/mol. The molecule has 0 aromatic rings. The van der Waals surface area contributed by atoms with Gasteiger partial charge in [0.05, 0.1) is 13.2 Å². The number of ether oxygens (including phenoxy) is 2. The van der Waals surface area contributed by atoms with Crippen LogP contribution in [0.5, 0.6) is 0 Å². The third-order valence-corrected chi connectivity index (χ3v) is 9.56. The van der Waals surface area contributed by atoms with Gasteiger partial charge in [0.2, 0.25) is 0 Å². The summed E-state index contributed by atoms with van der Waals surface area (Å²) in [6.45, 7) is 5.80. The van der Waals surface area contributed by atoms with E-state index in [1.807, 2.05) is 6.92 Å². The van der Waals surface area contributed by atoms with Crippen LogP contribution >= 0.6 is 7.82 Å². The molecule has 8 nitrogen and oxygen atoms in total. The Kier molecular flexibility index (Phi) is 40.0. The van der Waals surface area contributed by atoms with E-state index in [1.54, 1.807) is 0 Å². The Bertz CT molecular complexity index is 754. The van der Waals surface area contributed by atoms with Crippen LogP contribution in [0.1, 0.15) is 207 Å². The topological polar surface area (TPSA) is 108 Å². The van der Waals surface area contributed by atoms with Crippen LogP contribution in [0.3, 0.4) is 0 Å². The van der Waals surface area contributed by atoms with Crippen LogP contribution in [0.2, 0.25) is 0 Å². The van der Waals surface area contributed by atoms with Crippen molar-refractivity contribution in [1.29, 1.82) is 0 Å². The van der Waals surface area contributed by atoms with Gasteiger partial charge in [-0.3, -0.25) is 18.6 Å². The second-order valence-electron chi connectivity index (χ2n) is 13.4. The molecule has 0 aromatic heterocycles. The third-order valence-electron chi connectivity index (χ3n) is 8.58. The Hall–Kier alpha value is 0.0500. The van der Waals surface area contributed by atoms with Crippen molar-refractivity contribution >= 4 is 49.3 Å². The van der Waals surface area contributed by atoms with Crippen LogP contribution in [-0.2, 0) is 32.7 Å². The molecule has 1 N–H and O–H groups in total. The maximum atomic E-state index is 12.5. The zero-order valence-electron chi connectivity index (χ0n) is 32.0. The SMILES string of the molecule is CCCCCCCCCCCCCCCC(=O)OC[C@H](COP(=O)(O)OCCC)OC(=O)CCCCCCCCCCCCCCC.[Na]. The van der Waals surface area contributed by atoms with E-state index in [0.29, 0.717) is 12.8 Å². The summed E-state index contributed by atoms with van der Waals surface area (Å²) in [5.74, 6) is -0.781. The summed E-state index contributed by atoms with van der Waals surface area (Å²) < 4.78 is 32.9. The van der Waals surface area contributed by atoms with Crippen molar-refractivity contribution in [2.24, 2.45) is 0 Å². The molecule has 0 spiro atoms. The van der Waals surface area contributed by atoms with Crippen LogP contribution < -0.4 is 0 Å². The number of unbranched alkanes of at least 4 members (excludes halogenated alkanes) is 24. The molecule has 0 fully saturated rings. The molecule has 2 atom stereocenters. The van der Waals surface area contributed by atoms with E-state index >= 15 is 0 Å². The van der Waals surface area contributed by atoms with Crippen LogP contribution in [0.25, 0.3) is 0 Å². The molecule has 0 aliphatic carbocycles. The van der Waals surface area contributed by atoms with Gasteiger partial charge in [-0.2, -0.15) is 0 Å². The summed E-state index contributed by atoms with van der Waals surface area (Å²) >= 11 is 0. The molecular formula is C38H75NaO8P. The van der Waals surface area contributed by atoms with Gasteiger partial charge in [0.15, 0.2) is 6.10 Å². The minimum absolute atomic E-state index is 0. The van der Waals surface area contributed by atoms with Crippen molar-refractivity contribution in [2.75, 3.05) is 19.8 Å². The van der Waals surface area contributed by atoms with Gasteiger partial charge in [-0.05, 0) is 19.3 Å². The first kappa shape index (κ1) is 50.2. The predicted octanol–water partition coefficient (Wildman–Crippen LogP) is 11.6. The summed E-state index contributed by atoms with van der Waals surface area (Å²) in [5.41, 5.74) is 0. The minimum Gasteiger partial charge on any atom is -0.462 e. The maximum absolute atomic E-state index is 12.5. The van der Waals surface area contributed by atoms with Crippen molar-refractivity contribution in [3.63, 3.8) is 0 Å². The van der Waals surface area contributed by atoms with E-state index in [1.165, 1.54) is 128 Å². The largest absolute Gasteiger partial charge is 0.472 e. The second-order valence-corrected chi connectivity index (χ2v) is 14.8. The maximum Gasteiger partial charge on any atom is 0.472 e. The molecule has 0 saturated heterocycles. The first-order valence-corrected chi connectivity index (χ1v) is 21.3. The monoisotopic (exact) mass is 714 g/mol. The second kappa shape index (κ2) is 38.3. The van der Waals surface area contributed by atoms with Crippen LogP contribution in [0.4, 0.5) is 0 Å². The van der Waals surface area contributed by atoms with Crippen molar-refractivity contribution in [3.8, 4) is 0 Å². The summed E-state index contributed by atoms with van der Waals surface area (Å²) in [4.78, 5) is 34.8. The Morgan fingerprint density at radius 2 is 0.854 bits per heavy atom. The van der Waals surface area contributed by atoms with Gasteiger partial charge in [-0.15, -0.1) is 0 Å². The van der Waals surface area contributed by atoms with E-state index in [9.17, 15) is 19.0 Å². The molecular weight excluding hydrogens is 638 g/mol. The van der Waals surface area contributed by atoms with Gasteiger partial charge in [0.25, 0.3) is 0 Å². The first-order valence-electron chi connectivity index (χ1n) is 19.8. The van der Waals surface area contributed by atoms with Crippen molar-refractivity contribution < 1.29 is 37.6 Å². The fraction of sp³-hybridized carbons (Fsp3) is 0.947. The molecule has 0 aliphatic rings. The van der Waals surface area contributed by atoms with E-state index < -0.39 is 19.9 Å². The van der Waals surface area contributed by atoms with Crippen molar-refractivity contribution in [2.45, 2.75) is 213 Å². The summed E-state index contributed by atoms with van der Waals surface area (Å²) in [7, 11) is -4.28. The number of carbonyl (C=O) groups excluding carboxylic acids is 2. The molecule has 0 rings (SSSR count). The third kappa shape index (κ3) is 37.3. The van der Waals surface area contributed by atoms with Gasteiger partial charge < -0.3 is 14.4 Å². The number of esters is 2. The summed E-state index contributed by atoms with van der Waals surface area (Å²) in [6, 6.07) is 0. The molecule has 0 bridgehead atoms. The molecule has 10 heteroatoms. The zero-order chi connectivity index (χ0) is 34.7. The van der Waals surface area contributed by atoms with Gasteiger partial charge in [-0.25, -0.2) is 4.57 Å². The van der Waals surface area contributed by atoms with E-state index in [-0.39, 0.29) is 61.8 Å². The fourth-order valence-corrected chi connectivity index (χ4v) is 6.46. The normalized spacial score (nSPS) is 13.1. The predicted molar refractivity (Wildman–Crippen MR) is 199 cm³/mol. The Balaban J connectivity index is 0. The molecule has 1 radical (unpaired) electrons. The van der Waals surface area contributed by atoms with Crippen molar-refractivity contribution in [3.05, 3.63) is 0 Å².